The number of aromatic nitrogens is 4. The zero-order valence-electron chi connectivity index (χ0n) is 15.6. The molecule has 1 amide bonds. The normalized spacial score (nSPS) is 28.9. The lowest BCUT2D eigenvalue weighted by Crippen LogP contribution is -2.55. The van der Waals surface area contributed by atoms with Gasteiger partial charge in [-0.15, -0.1) is 11.6 Å². The lowest BCUT2D eigenvalue weighted by Gasteiger charge is -2.42. The number of piperidine rings is 1. The Balaban J connectivity index is 1.45. The molecule has 0 radical (unpaired) electrons. The van der Waals surface area contributed by atoms with Crippen LogP contribution in [0.25, 0.3) is 5.82 Å². The summed E-state index contributed by atoms with van der Waals surface area (Å²) in [7, 11) is 0. The molecular weight excluding hydrogens is 364 g/mol. The van der Waals surface area contributed by atoms with E-state index in [1.807, 2.05) is 30.7 Å². The molecule has 4 rings (SSSR count). The average molecular weight is 389 g/mol. The first-order valence-corrected chi connectivity index (χ1v) is 9.98. The van der Waals surface area contributed by atoms with E-state index in [-0.39, 0.29) is 29.3 Å². The molecule has 0 bridgehead atoms. The Hall–Kier alpha value is -2.15. The van der Waals surface area contributed by atoms with E-state index in [4.69, 9.17) is 11.6 Å². The summed E-state index contributed by atoms with van der Waals surface area (Å²) >= 11 is 6.35. The van der Waals surface area contributed by atoms with E-state index in [1.54, 1.807) is 12.5 Å². The maximum absolute atomic E-state index is 12.6. The van der Waals surface area contributed by atoms with Crippen LogP contribution in [0, 0.1) is 18.8 Å². The van der Waals surface area contributed by atoms with Gasteiger partial charge in [0.2, 0.25) is 11.9 Å². The van der Waals surface area contributed by atoms with Crippen molar-refractivity contribution in [1.82, 2.24) is 24.8 Å². The van der Waals surface area contributed by atoms with Crippen molar-refractivity contribution in [3.63, 3.8) is 0 Å². The fourth-order valence-electron chi connectivity index (χ4n) is 4.22. The molecule has 3 heterocycles. The molecule has 2 aliphatic rings. The van der Waals surface area contributed by atoms with Gasteiger partial charge < -0.3 is 10.6 Å². The largest absolute Gasteiger partial charge is 0.353 e. The molecule has 0 aromatic carbocycles. The monoisotopic (exact) mass is 388 g/mol. The van der Waals surface area contributed by atoms with Crippen LogP contribution in [0.2, 0.25) is 0 Å². The number of amides is 1. The molecule has 2 fully saturated rings. The first kappa shape index (κ1) is 18.2. The predicted molar refractivity (Wildman–Crippen MR) is 104 cm³/mol. The van der Waals surface area contributed by atoms with E-state index < -0.39 is 0 Å². The molecule has 144 valence electrons. The van der Waals surface area contributed by atoms with Crippen LogP contribution in [0.3, 0.4) is 0 Å². The predicted octanol–water partition coefficient (Wildman–Crippen LogP) is 2.68. The fraction of sp³-hybridized carbons (Fsp3) is 0.579. The molecule has 5 atom stereocenters. The van der Waals surface area contributed by atoms with Gasteiger partial charge in [-0.2, -0.15) is 4.98 Å². The number of rotatable bonds is 4. The van der Waals surface area contributed by atoms with Gasteiger partial charge in [0.1, 0.15) is 12.1 Å². The second-order valence-corrected chi connectivity index (χ2v) is 8.34. The van der Waals surface area contributed by atoms with Gasteiger partial charge in [-0.25, -0.2) is 9.97 Å². The van der Waals surface area contributed by atoms with Crippen molar-refractivity contribution in [2.24, 2.45) is 11.8 Å². The number of carbonyl (C=O) groups excluding carboxylic acids is 1. The standard InChI is InChI=1S/C19H25ClN6O/c1-11-9-26(10-22-11)17-5-6-21-19(25-17)23-12(2)15-8-13-7-14(20)3-4-16(13)24-18(15)27/h5-6,9-10,12-16H,3-4,7-8H2,1-2H3,(H,24,27)(H,21,23,25)/t12-,13?,14?,15?,16?/m0/s1. The maximum atomic E-state index is 12.6. The highest BCUT2D eigenvalue weighted by atomic mass is 35.5. The van der Waals surface area contributed by atoms with Crippen LogP contribution < -0.4 is 10.6 Å². The molecule has 7 nitrogen and oxygen atoms in total. The Morgan fingerprint density at radius 3 is 2.96 bits per heavy atom. The number of aryl methyl sites for hydroxylation is 1. The lowest BCUT2D eigenvalue weighted by molar-refractivity contribution is -0.130. The fourth-order valence-corrected chi connectivity index (χ4v) is 4.58. The topological polar surface area (TPSA) is 84.7 Å². The van der Waals surface area contributed by atoms with Gasteiger partial charge in [-0.1, -0.05) is 0 Å². The number of hydrogen-bond donors (Lipinski definition) is 2. The lowest BCUT2D eigenvalue weighted by atomic mass is 9.74. The number of alkyl halides is 1. The van der Waals surface area contributed by atoms with Gasteiger partial charge in [0, 0.05) is 29.9 Å². The van der Waals surface area contributed by atoms with Crippen molar-refractivity contribution in [3.8, 4) is 5.82 Å². The second-order valence-electron chi connectivity index (χ2n) is 7.72. The van der Waals surface area contributed by atoms with Crippen LogP contribution in [0.4, 0.5) is 5.95 Å². The van der Waals surface area contributed by atoms with Crippen molar-refractivity contribution in [3.05, 3.63) is 30.5 Å². The van der Waals surface area contributed by atoms with Crippen LogP contribution >= 0.6 is 11.6 Å². The van der Waals surface area contributed by atoms with Gasteiger partial charge in [-0.3, -0.25) is 9.36 Å². The molecular formula is C19H25ClN6O. The molecule has 2 N–H and O–H groups in total. The van der Waals surface area contributed by atoms with Crippen molar-refractivity contribution in [2.75, 3.05) is 5.32 Å². The van der Waals surface area contributed by atoms with Crippen molar-refractivity contribution in [1.29, 1.82) is 0 Å². The minimum absolute atomic E-state index is 0.0681. The Bertz CT molecular complexity index is 824. The van der Waals surface area contributed by atoms with Crippen molar-refractivity contribution >= 4 is 23.5 Å². The molecule has 4 unspecified atom stereocenters. The van der Waals surface area contributed by atoms with E-state index in [9.17, 15) is 4.79 Å². The summed E-state index contributed by atoms with van der Waals surface area (Å²) in [5.74, 6) is 1.71. The van der Waals surface area contributed by atoms with Crippen LogP contribution in [0.1, 0.15) is 38.3 Å². The van der Waals surface area contributed by atoms with Gasteiger partial charge >= 0.3 is 0 Å². The Kier molecular flexibility index (Phi) is 5.04. The third kappa shape index (κ3) is 3.93. The first-order chi connectivity index (χ1) is 13.0. The van der Waals surface area contributed by atoms with Crippen LogP contribution in [-0.2, 0) is 4.79 Å². The van der Waals surface area contributed by atoms with Crippen LogP contribution in [-0.4, -0.2) is 42.9 Å². The second kappa shape index (κ2) is 7.46. The number of fused-ring (bicyclic) bond motifs is 1. The van der Waals surface area contributed by atoms with Crippen molar-refractivity contribution < 1.29 is 4.79 Å². The quantitative estimate of drug-likeness (QED) is 0.786. The molecule has 8 heteroatoms. The van der Waals surface area contributed by atoms with Gasteiger partial charge in [0.15, 0.2) is 0 Å². The highest BCUT2D eigenvalue weighted by Crippen LogP contribution is 2.36. The summed E-state index contributed by atoms with van der Waals surface area (Å²) in [6.07, 6.45) is 9.14. The zero-order valence-corrected chi connectivity index (χ0v) is 16.4. The third-order valence-electron chi connectivity index (χ3n) is 5.72. The summed E-state index contributed by atoms with van der Waals surface area (Å²) in [6.45, 7) is 3.95. The molecule has 1 saturated heterocycles. The van der Waals surface area contributed by atoms with Crippen LogP contribution in [0.15, 0.2) is 24.8 Å². The van der Waals surface area contributed by atoms with E-state index in [2.05, 4.69) is 25.6 Å². The molecule has 27 heavy (non-hydrogen) atoms. The number of imidazole rings is 1. The average Bonchev–Trinajstić information content (AvgIpc) is 3.08. The molecule has 1 aliphatic carbocycles. The Morgan fingerprint density at radius 1 is 1.33 bits per heavy atom. The molecule has 1 aliphatic heterocycles. The van der Waals surface area contributed by atoms with E-state index >= 15 is 0 Å². The summed E-state index contributed by atoms with van der Waals surface area (Å²) in [5, 5.41) is 6.75. The number of nitrogens with zero attached hydrogens (tertiary/aromatic N) is 4. The van der Waals surface area contributed by atoms with E-state index in [0.29, 0.717) is 11.9 Å². The van der Waals surface area contributed by atoms with Gasteiger partial charge in [-0.05, 0) is 51.5 Å². The number of nitrogens with one attached hydrogen (secondary N) is 2. The van der Waals surface area contributed by atoms with Crippen LogP contribution in [0.5, 0.6) is 0 Å². The summed E-state index contributed by atoms with van der Waals surface area (Å²) in [6, 6.07) is 2.04. The SMILES string of the molecule is Cc1cn(-c2ccnc(N[C@@H](C)C3CC4CC(Cl)CCC4NC3=O)n2)cn1. The smallest absolute Gasteiger partial charge is 0.225 e. The maximum Gasteiger partial charge on any atom is 0.225 e. The van der Waals surface area contributed by atoms with E-state index in [0.717, 1.165) is 37.2 Å². The number of carbonyl (C=O) groups is 1. The molecule has 1 saturated carbocycles. The minimum atomic E-state index is -0.115. The molecule has 2 aromatic heterocycles. The molecule has 2 aromatic rings. The summed E-state index contributed by atoms with van der Waals surface area (Å²) in [4.78, 5) is 25.7. The molecule has 0 spiro atoms. The minimum Gasteiger partial charge on any atom is -0.353 e. The summed E-state index contributed by atoms with van der Waals surface area (Å²) < 4.78 is 1.85. The highest BCUT2D eigenvalue weighted by Gasteiger charge is 2.41. The van der Waals surface area contributed by atoms with Gasteiger partial charge in [0.05, 0.1) is 11.6 Å². The third-order valence-corrected chi connectivity index (χ3v) is 6.11. The summed E-state index contributed by atoms with van der Waals surface area (Å²) in [5.41, 5.74) is 0.926. The number of hydrogen-bond acceptors (Lipinski definition) is 5. The van der Waals surface area contributed by atoms with Gasteiger partial charge in [0.25, 0.3) is 0 Å². The zero-order chi connectivity index (χ0) is 19.0. The Morgan fingerprint density at radius 2 is 2.19 bits per heavy atom. The van der Waals surface area contributed by atoms with E-state index in [1.165, 1.54) is 0 Å². The Labute approximate surface area is 163 Å². The van der Waals surface area contributed by atoms with Crippen molar-refractivity contribution in [2.45, 2.75) is 57.0 Å². The number of anilines is 1. The number of halogens is 1. The highest BCUT2D eigenvalue weighted by molar-refractivity contribution is 6.20. The first-order valence-electron chi connectivity index (χ1n) is 9.54.